The third-order valence-electron chi connectivity index (χ3n) is 5.56. The van der Waals surface area contributed by atoms with E-state index >= 15 is 0 Å². The highest BCUT2D eigenvalue weighted by Gasteiger charge is 2.30. The van der Waals surface area contributed by atoms with E-state index < -0.39 is 35.3 Å². The molecule has 1 unspecified atom stereocenters. The van der Waals surface area contributed by atoms with E-state index in [4.69, 9.17) is 16.3 Å². The van der Waals surface area contributed by atoms with Crippen LogP contribution in [0.1, 0.15) is 53.6 Å². The van der Waals surface area contributed by atoms with Gasteiger partial charge in [0.1, 0.15) is 11.5 Å². The number of hydrogen-bond donors (Lipinski definition) is 4. The van der Waals surface area contributed by atoms with Gasteiger partial charge in [-0.25, -0.2) is 13.8 Å². The quantitative estimate of drug-likeness (QED) is 0.446. The standard InChI is InChI=1S/C22H26ClF2N5O4/c1-11(9-34-2)28-21(32)18-19(27-10-26-18)22(33)29-14-5-3-12(4-6-14)20(31)30-17-15(23)7-13(24)8-16(17)25/h7-8,10-12,14H,3-6,9H2,1-2H3,(H,26,27)(H,28,32)(H,29,33)(H,30,31). The van der Waals surface area contributed by atoms with Gasteiger partial charge >= 0.3 is 0 Å². The average molecular weight is 498 g/mol. The molecule has 184 valence electrons. The summed E-state index contributed by atoms with van der Waals surface area (Å²) in [6.45, 7) is 2.08. The van der Waals surface area contributed by atoms with Crippen molar-refractivity contribution in [3.63, 3.8) is 0 Å². The highest BCUT2D eigenvalue weighted by molar-refractivity contribution is 6.33. The topological polar surface area (TPSA) is 125 Å². The Morgan fingerprint density at radius 1 is 1.21 bits per heavy atom. The van der Waals surface area contributed by atoms with Gasteiger partial charge in [-0.15, -0.1) is 0 Å². The Labute approximate surface area is 200 Å². The summed E-state index contributed by atoms with van der Waals surface area (Å²) in [7, 11) is 1.52. The number of rotatable bonds is 8. The number of ether oxygens (including phenoxy) is 1. The number of H-pyrrole nitrogens is 1. The fraction of sp³-hybridized carbons (Fsp3) is 0.455. The molecule has 12 heteroatoms. The Kier molecular flexibility index (Phi) is 8.56. The van der Waals surface area contributed by atoms with Gasteiger partial charge in [-0.05, 0) is 38.7 Å². The fourth-order valence-electron chi connectivity index (χ4n) is 3.87. The van der Waals surface area contributed by atoms with Crippen LogP contribution >= 0.6 is 11.6 Å². The van der Waals surface area contributed by atoms with E-state index in [-0.39, 0.29) is 34.2 Å². The van der Waals surface area contributed by atoms with Crippen LogP contribution in [0.3, 0.4) is 0 Å². The number of aromatic nitrogens is 2. The van der Waals surface area contributed by atoms with Crippen LogP contribution in [0.25, 0.3) is 0 Å². The van der Waals surface area contributed by atoms with Gasteiger partial charge in [0.05, 0.1) is 23.6 Å². The Balaban J connectivity index is 1.53. The number of benzene rings is 1. The predicted octanol–water partition coefficient (Wildman–Crippen LogP) is 3.03. The lowest BCUT2D eigenvalue weighted by atomic mass is 9.85. The van der Waals surface area contributed by atoms with E-state index in [1.54, 1.807) is 6.92 Å². The number of carbonyl (C=O) groups excluding carboxylic acids is 3. The molecule has 1 atom stereocenters. The molecule has 9 nitrogen and oxygen atoms in total. The minimum absolute atomic E-state index is 0.0216. The number of aromatic amines is 1. The molecular weight excluding hydrogens is 472 g/mol. The second kappa shape index (κ2) is 11.4. The van der Waals surface area contributed by atoms with Crippen molar-refractivity contribution in [1.82, 2.24) is 20.6 Å². The molecule has 34 heavy (non-hydrogen) atoms. The molecule has 1 saturated carbocycles. The minimum atomic E-state index is -0.949. The number of amides is 3. The first-order valence-electron chi connectivity index (χ1n) is 10.8. The van der Waals surface area contributed by atoms with Gasteiger partial charge in [-0.2, -0.15) is 0 Å². The lowest BCUT2D eigenvalue weighted by Crippen LogP contribution is -2.41. The summed E-state index contributed by atoms with van der Waals surface area (Å²) in [6, 6.07) is 1.10. The molecule has 0 aliphatic heterocycles. The molecule has 3 amide bonds. The molecule has 1 aliphatic carbocycles. The predicted molar refractivity (Wildman–Crippen MR) is 121 cm³/mol. The molecule has 1 fully saturated rings. The summed E-state index contributed by atoms with van der Waals surface area (Å²) in [5.41, 5.74) is -0.233. The number of carbonyl (C=O) groups is 3. The molecule has 3 rings (SSSR count). The number of anilines is 1. The van der Waals surface area contributed by atoms with Crippen molar-refractivity contribution >= 4 is 35.0 Å². The molecule has 0 bridgehead atoms. The van der Waals surface area contributed by atoms with Crippen LogP contribution in [-0.4, -0.2) is 53.5 Å². The summed E-state index contributed by atoms with van der Waals surface area (Å²) >= 11 is 5.84. The van der Waals surface area contributed by atoms with E-state index in [2.05, 4.69) is 25.9 Å². The molecule has 0 saturated heterocycles. The van der Waals surface area contributed by atoms with Crippen LogP contribution in [0, 0.1) is 17.6 Å². The van der Waals surface area contributed by atoms with Gasteiger partial charge < -0.3 is 25.7 Å². The van der Waals surface area contributed by atoms with Crippen LogP contribution in [0.5, 0.6) is 0 Å². The number of nitrogens with zero attached hydrogens (tertiary/aromatic N) is 1. The largest absolute Gasteiger partial charge is 0.383 e. The smallest absolute Gasteiger partial charge is 0.272 e. The number of hydrogen-bond acceptors (Lipinski definition) is 5. The second-order valence-corrected chi connectivity index (χ2v) is 8.62. The second-order valence-electron chi connectivity index (χ2n) is 8.21. The van der Waals surface area contributed by atoms with Crippen LogP contribution in [0.4, 0.5) is 14.5 Å². The van der Waals surface area contributed by atoms with Gasteiger partial charge in [0, 0.05) is 31.2 Å². The third kappa shape index (κ3) is 6.29. The Morgan fingerprint density at radius 3 is 2.56 bits per heavy atom. The maximum absolute atomic E-state index is 13.9. The van der Waals surface area contributed by atoms with Crippen LogP contribution in [0.15, 0.2) is 18.5 Å². The van der Waals surface area contributed by atoms with E-state index in [0.717, 1.165) is 6.07 Å². The number of nitrogens with one attached hydrogen (secondary N) is 4. The molecule has 0 spiro atoms. The first kappa shape index (κ1) is 25.6. The molecule has 1 aromatic carbocycles. The van der Waals surface area contributed by atoms with Gasteiger partial charge in [0.2, 0.25) is 5.91 Å². The summed E-state index contributed by atoms with van der Waals surface area (Å²) in [5.74, 6) is -3.59. The Morgan fingerprint density at radius 2 is 1.91 bits per heavy atom. The van der Waals surface area contributed by atoms with Crippen molar-refractivity contribution in [3.8, 4) is 0 Å². The minimum Gasteiger partial charge on any atom is -0.383 e. The molecule has 4 N–H and O–H groups in total. The van der Waals surface area contributed by atoms with Gasteiger partial charge in [-0.3, -0.25) is 14.4 Å². The van der Waals surface area contributed by atoms with E-state index in [0.29, 0.717) is 38.4 Å². The van der Waals surface area contributed by atoms with Gasteiger partial charge in [0.15, 0.2) is 11.5 Å². The van der Waals surface area contributed by atoms with Crippen molar-refractivity contribution in [2.45, 2.75) is 44.7 Å². The normalized spacial score (nSPS) is 18.7. The van der Waals surface area contributed by atoms with E-state index in [1.165, 1.54) is 13.4 Å². The fourth-order valence-corrected chi connectivity index (χ4v) is 4.11. The van der Waals surface area contributed by atoms with Crippen molar-refractivity contribution in [1.29, 1.82) is 0 Å². The maximum Gasteiger partial charge on any atom is 0.272 e. The summed E-state index contributed by atoms with van der Waals surface area (Å²) in [6.07, 6.45) is 3.17. The zero-order valence-electron chi connectivity index (χ0n) is 18.7. The highest BCUT2D eigenvalue weighted by Crippen LogP contribution is 2.30. The zero-order chi connectivity index (χ0) is 24.8. The lowest BCUT2D eigenvalue weighted by molar-refractivity contribution is -0.120. The molecule has 1 heterocycles. The van der Waals surface area contributed by atoms with Crippen LogP contribution < -0.4 is 16.0 Å². The Hall–Kier alpha value is -3.05. The highest BCUT2D eigenvalue weighted by atomic mass is 35.5. The molecule has 0 radical (unpaired) electrons. The zero-order valence-corrected chi connectivity index (χ0v) is 19.5. The summed E-state index contributed by atoms with van der Waals surface area (Å²) < 4.78 is 32.1. The average Bonchev–Trinajstić information content (AvgIpc) is 3.27. The van der Waals surface area contributed by atoms with Crippen molar-refractivity contribution in [2.24, 2.45) is 5.92 Å². The van der Waals surface area contributed by atoms with E-state index in [1.807, 2.05) is 0 Å². The maximum atomic E-state index is 13.9. The monoisotopic (exact) mass is 497 g/mol. The summed E-state index contributed by atoms with van der Waals surface area (Å²) in [5, 5.41) is 7.77. The molecular formula is C22H26ClF2N5O4. The number of halogens is 3. The molecule has 1 aliphatic rings. The Bertz CT molecular complexity index is 1030. The van der Waals surface area contributed by atoms with Gasteiger partial charge in [0.25, 0.3) is 11.8 Å². The van der Waals surface area contributed by atoms with Gasteiger partial charge in [-0.1, -0.05) is 11.6 Å². The first-order chi connectivity index (χ1) is 16.2. The SMILES string of the molecule is COCC(C)NC(=O)c1nc[nH]c1C(=O)NC1CCC(C(=O)Nc2c(F)cc(F)cc2Cl)CC1. The third-order valence-corrected chi connectivity index (χ3v) is 5.86. The van der Waals surface area contributed by atoms with Crippen molar-refractivity contribution < 1.29 is 27.9 Å². The molecule has 1 aromatic heterocycles. The van der Waals surface area contributed by atoms with Crippen molar-refractivity contribution in [3.05, 3.63) is 46.5 Å². The first-order valence-corrected chi connectivity index (χ1v) is 11.2. The lowest BCUT2D eigenvalue weighted by Gasteiger charge is -2.28. The van der Waals surface area contributed by atoms with Crippen LogP contribution in [0.2, 0.25) is 5.02 Å². The number of imidazole rings is 1. The molecule has 2 aromatic rings. The van der Waals surface area contributed by atoms with E-state index in [9.17, 15) is 23.2 Å². The summed E-state index contributed by atoms with van der Waals surface area (Å²) in [4.78, 5) is 44.3. The number of methoxy groups -OCH3 is 1. The van der Waals surface area contributed by atoms with Crippen LogP contribution in [-0.2, 0) is 9.53 Å². The van der Waals surface area contributed by atoms with Crippen molar-refractivity contribution in [2.75, 3.05) is 19.0 Å².